The number of nitrogens with one attached hydrogen (secondary N) is 1. The van der Waals surface area contributed by atoms with Crippen molar-refractivity contribution in [2.24, 2.45) is 23.2 Å². The molecule has 0 heterocycles. The summed E-state index contributed by atoms with van der Waals surface area (Å²) in [5.41, 5.74) is -0.968. The lowest BCUT2D eigenvalue weighted by molar-refractivity contribution is -0.161. The van der Waals surface area contributed by atoms with Crippen LogP contribution in [0.4, 0.5) is 0 Å². The molecule has 0 aliphatic heterocycles. The van der Waals surface area contributed by atoms with Crippen LogP contribution in [-0.4, -0.2) is 27.9 Å². The van der Waals surface area contributed by atoms with Gasteiger partial charge in [-0.25, -0.2) is 0 Å². The summed E-state index contributed by atoms with van der Waals surface area (Å²) in [6.07, 6.45) is 6.77. The SMILES string of the molecule is C[C@@H](OC(=O)[C@]1(C)CC1(Cl)Cl)C(=O)NC12CC3CC(CC(C3)C1)C2. The van der Waals surface area contributed by atoms with Gasteiger partial charge in [-0.3, -0.25) is 9.59 Å². The number of carbonyl (C=O) groups is 2. The van der Waals surface area contributed by atoms with Crippen molar-refractivity contribution in [1.82, 2.24) is 5.32 Å². The normalized spacial score (nSPS) is 45.6. The van der Waals surface area contributed by atoms with Crippen LogP contribution in [-0.2, 0) is 14.3 Å². The first-order chi connectivity index (χ1) is 11.1. The Balaban J connectivity index is 1.37. The van der Waals surface area contributed by atoms with Gasteiger partial charge in [-0.2, -0.15) is 0 Å². The van der Waals surface area contributed by atoms with E-state index in [2.05, 4.69) is 5.32 Å². The van der Waals surface area contributed by atoms with Gasteiger partial charge >= 0.3 is 5.97 Å². The number of ether oxygens (including phenoxy) is 1. The molecule has 1 N–H and O–H groups in total. The van der Waals surface area contributed by atoms with Gasteiger partial charge in [-0.1, -0.05) is 0 Å². The third-order valence-electron chi connectivity index (χ3n) is 6.79. The molecule has 24 heavy (non-hydrogen) atoms. The van der Waals surface area contributed by atoms with Gasteiger partial charge in [0.1, 0.15) is 9.75 Å². The van der Waals surface area contributed by atoms with Crippen molar-refractivity contribution < 1.29 is 14.3 Å². The highest BCUT2D eigenvalue weighted by Crippen LogP contribution is 2.64. The van der Waals surface area contributed by atoms with E-state index >= 15 is 0 Å². The molecule has 5 fully saturated rings. The van der Waals surface area contributed by atoms with Crippen molar-refractivity contribution in [2.45, 2.75) is 74.8 Å². The molecule has 5 rings (SSSR count). The first-order valence-electron chi connectivity index (χ1n) is 9.03. The lowest BCUT2D eigenvalue weighted by atomic mass is 9.53. The van der Waals surface area contributed by atoms with Crippen LogP contribution in [0.5, 0.6) is 0 Å². The Labute approximate surface area is 153 Å². The fourth-order valence-electron chi connectivity index (χ4n) is 5.59. The molecule has 4 nitrogen and oxygen atoms in total. The quantitative estimate of drug-likeness (QED) is 0.605. The first kappa shape index (κ1) is 17.0. The second-order valence-corrected chi connectivity index (χ2v) is 10.4. The van der Waals surface area contributed by atoms with Crippen molar-refractivity contribution in [1.29, 1.82) is 0 Å². The summed E-state index contributed by atoms with van der Waals surface area (Å²) < 4.78 is 4.30. The molecule has 5 aliphatic rings. The fraction of sp³-hybridized carbons (Fsp3) is 0.889. The molecule has 0 saturated heterocycles. The molecule has 5 saturated carbocycles. The number of hydrogen-bond donors (Lipinski definition) is 1. The Hall–Kier alpha value is -0.480. The Bertz CT molecular complexity index is 556. The van der Waals surface area contributed by atoms with E-state index in [4.69, 9.17) is 27.9 Å². The third kappa shape index (κ3) is 2.65. The van der Waals surface area contributed by atoms with Crippen LogP contribution in [0.15, 0.2) is 0 Å². The molecule has 0 aromatic carbocycles. The van der Waals surface area contributed by atoms with E-state index in [0.717, 1.165) is 37.0 Å². The van der Waals surface area contributed by atoms with Gasteiger partial charge < -0.3 is 10.1 Å². The number of halogens is 2. The highest BCUT2D eigenvalue weighted by atomic mass is 35.5. The first-order valence-corrected chi connectivity index (χ1v) is 9.79. The smallest absolute Gasteiger partial charge is 0.315 e. The number of rotatable bonds is 4. The predicted molar refractivity (Wildman–Crippen MR) is 91.8 cm³/mol. The lowest BCUT2D eigenvalue weighted by Gasteiger charge is -2.57. The molecular formula is C18H25Cl2NO3. The monoisotopic (exact) mass is 373 g/mol. The molecule has 0 spiro atoms. The van der Waals surface area contributed by atoms with Gasteiger partial charge in [0.2, 0.25) is 0 Å². The van der Waals surface area contributed by atoms with E-state index in [1.807, 2.05) is 0 Å². The van der Waals surface area contributed by atoms with E-state index in [-0.39, 0.29) is 11.4 Å². The predicted octanol–water partition coefficient (Wildman–Crippen LogP) is 3.59. The fourth-order valence-corrected chi connectivity index (χ4v) is 6.28. The topological polar surface area (TPSA) is 55.4 Å². The standard InChI is InChI=1S/C18H25Cl2NO3/c1-10(24-15(23)16(2)9-18(16,19)20)14(22)21-17-6-11-3-12(7-17)5-13(4-11)8-17/h10-13H,3-9H2,1-2H3,(H,21,22)/t10-,11?,12?,13?,16+,17?/m1/s1. The van der Waals surface area contributed by atoms with Crippen LogP contribution in [0.1, 0.15) is 58.8 Å². The summed E-state index contributed by atoms with van der Waals surface area (Å²) >= 11 is 12.0. The molecular weight excluding hydrogens is 349 g/mol. The van der Waals surface area contributed by atoms with Crippen LogP contribution in [0.3, 0.4) is 0 Å². The molecule has 0 aromatic heterocycles. The summed E-state index contributed by atoms with van der Waals surface area (Å²) in [5, 5.41) is 3.24. The van der Waals surface area contributed by atoms with Crippen molar-refractivity contribution in [3.8, 4) is 0 Å². The van der Waals surface area contributed by atoms with E-state index in [1.54, 1.807) is 13.8 Å². The number of amides is 1. The van der Waals surface area contributed by atoms with Crippen LogP contribution in [0.2, 0.25) is 0 Å². The van der Waals surface area contributed by atoms with E-state index in [0.29, 0.717) is 6.42 Å². The van der Waals surface area contributed by atoms with E-state index in [1.165, 1.54) is 19.3 Å². The Kier molecular flexibility index (Phi) is 3.72. The van der Waals surface area contributed by atoms with Crippen molar-refractivity contribution in [3.63, 3.8) is 0 Å². The highest BCUT2D eigenvalue weighted by molar-refractivity contribution is 6.53. The zero-order chi connectivity index (χ0) is 17.3. The zero-order valence-electron chi connectivity index (χ0n) is 14.2. The maximum absolute atomic E-state index is 12.6. The number of hydrogen-bond acceptors (Lipinski definition) is 3. The molecule has 0 radical (unpaired) electrons. The zero-order valence-corrected chi connectivity index (χ0v) is 15.8. The number of alkyl halides is 2. The molecule has 6 heteroatoms. The molecule has 1 amide bonds. The number of carbonyl (C=O) groups excluding carboxylic acids is 2. The van der Waals surface area contributed by atoms with Crippen molar-refractivity contribution in [2.75, 3.05) is 0 Å². The van der Waals surface area contributed by atoms with Gasteiger partial charge in [0.15, 0.2) is 6.10 Å². The van der Waals surface area contributed by atoms with Gasteiger partial charge in [0, 0.05) is 12.0 Å². The molecule has 5 aliphatic carbocycles. The Morgan fingerprint density at radius 1 is 1.08 bits per heavy atom. The lowest BCUT2D eigenvalue weighted by Crippen LogP contribution is -2.61. The third-order valence-corrected chi connectivity index (χ3v) is 7.89. The van der Waals surface area contributed by atoms with Gasteiger partial charge in [0.25, 0.3) is 5.91 Å². The average molecular weight is 374 g/mol. The Morgan fingerprint density at radius 2 is 1.54 bits per heavy atom. The largest absolute Gasteiger partial charge is 0.452 e. The van der Waals surface area contributed by atoms with E-state index in [9.17, 15) is 9.59 Å². The van der Waals surface area contributed by atoms with Crippen LogP contribution >= 0.6 is 23.2 Å². The second-order valence-electron chi connectivity index (χ2n) is 8.95. The van der Waals surface area contributed by atoms with E-state index < -0.39 is 21.8 Å². The number of esters is 1. The van der Waals surface area contributed by atoms with Gasteiger partial charge in [-0.05, 0) is 70.1 Å². The highest BCUT2D eigenvalue weighted by Gasteiger charge is 2.69. The van der Waals surface area contributed by atoms with Crippen LogP contribution < -0.4 is 5.32 Å². The Morgan fingerprint density at radius 3 is 1.96 bits per heavy atom. The minimum absolute atomic E-state index is 0.0707. The minimum Gasteiger partial charge on any atom is -0.452 e. The van der Waals surface area contributed by atoms with Gasteiger partial charge in [0.05, 0.1) is 0 Å². The summed E-state index contributed by atoms with van der Waals surface area (Å²) in [7, 11) is 0. The van der Waals surface area contributed by atoms with Crippen molar-refractivity contribution in [3.05, 3.63) is 0 Å². The maximum Gasteiger partial charge on any atom is 0.315 e. The summed E-state index contributed by atoms with van der Waals surface area (Å²) in [6, 6.07) is 0. The minimum atomic E-state index is -1.07. The van der Waals surface area contributed by atoms with Crippen LogP contribution in [0, 0.1) is 23.2 Å². The molecule has 2 atom stereocenters. The average Bonchev–Trinajstić information content (AvgIpc) is 2.96. The summed E-state index contributed by atoms with van der Waals surface area (Å²) in [4.78, 5) is 24.9. The van der Waals surface area contributed by atoms with Gasteiger partial charge in [-0.15, -0.1) is 23.2 Å². The van der Waals surface area contributed by atoms with Crippen LogP contribution in [0.25, 0.3) is 0 Å². The maximum atomic E-state index is 12.6. The molecule has 0 aromatic rings. The molecule has 4 bridgehead atoms. The second kappa shape index (κ2) is 5.26. The van der Waals surface area contributed by atoms with Crippen molar-refractivity contribution >= 4 is 35.1 Å². The summed E-state index contributed by atoms with van der Waals surface area (Å²) in [5.74, 6) is 1.60. The summed E-state index contributed by atoms with van der Waals surface area (Å²) in [6.45, 7) is 3.31. The molecule has 134 valence electrons. The molecule has 0 unspecified atom stereocenters.